The Bertz CT molecular complexity index is 1980. The molecule has 1 unspecified atom stereocenters. The van der Waals surface area contributed by atoms with E-state index < -0.39 is 45.4 Å². The van der Waals surface area contributed by atoms with Crippen molar-refractivity contribution in [3.63, 3.8) is 0 Å². The summed E-state index contributed by atoms with van der Waals surface area (Å²) in [6, 6.07) is 16.0. The van der Waals surface area contributed by atoms with Gasteiger partial charge in [0.1, 0.15) is 5.82 Å². The first-order valence-corrected chi connectivity index (χ1v) is 17.0. The first-order valence-electron chi connectivity index (χ1n) is 15.4. The topological polar surface area (TPSA) is 159 Å². The van der Waals surface area contributed by atoms with Gasteiger partial charge in [0.25, 0.3) is 11.6 Å². The summed E-state index contributed by atoms with van der Waals surface area (Å²) in [7, 11) is -3.72. The highest BCUT2D eigenvalue weighted by Crippen LogP contribution is 2.39. The Balaban J connectivity index is 1.66. The number of benzene rings is 3. The molecule has 5 rings (SSSR count). The lowest BCUT2D eigenvalue weighted by atomic mass is 9.99. The Morgan fingerprint density at radius 1 is 1.02 bits per heavy atom. The van der Waals surface area contributed by atoms with Crippen LogP contribution in [0.5, 0.6) is 11.5 Å². The molecule has 0 aliphatic heterocycles. The van der Waals surface area contributed by atoms with Crippen molar-refractivity contribution in [2.75, 3.05) is 17.7 Å². The van der Waals surface area contributed by atoms with Gasteiger partial charge in [-0.1, -0.05) is 18.2 Å². The summed E-state index contributed by atoms with van der Waals surface area (Å²) in [5, 5.41) is 5.74. The number of carbonyl (C=O) groups excluding carboxylic acids is 2. The summed E-state index contributed by atoms with van der Waals surface area (Å²) in [5.41, 5.74) is 3.11. The minimum Gasteiger partial charge on any atom is -0.490 e. The summed E-state index contributed by atoms with van der Waals surface area (Å²) in [6.45, 7) is 4.89. The molecular weight excluding hydrogens is 665 g/mol. The minimum atomic E-state index is -5.51. The fourth-order valence-electron chi connectivity index (χ4n) is 5.20. The van der Waals surface area contributed by atoms with Crippen LogP contribution in [0.4, 0.5) is 24.7 Å². The van der Waals surface area contributed by atoms with Crippen molar-refractivity contribution >= 4 is 44.0 Å². The largest absolute Gasteiger partial charge is 0.491 e. The Hall–Kier alpha value is -5.05. The molecule has 3 aromatic carbocycles. The van der Waals surface area contributed by atoms with Gasteiger partial charge in [-0.15, -0.1) is 0 Å². The molecule has 1 heterocycles. The second-order valence-corrected chi connectivity index (χ2v) is 13.8. The van der Waals surface area contributed by atoms with Crippen molar-refractivity contribution in [1.82, 2.24) is 10.3 Å². The zero-order valence-electron chi connectivity index (χ0n) is 26.8. The van der Waals surface area contributed by atoms with Crippen molar-refractivity contribution in [2.45, 2.75) is 68.3 Å². The van der Waals surface area contributed by atoms with E-state index >= 15 is 0 Å². The predicted molar refractivity (Wildman–Crippen MR) is 175 cm³/mol. The molecule has 1 aliphatic rings. The highest BCUT2D eigenvalue weighted by Gasteiger charge is 2.52. The molecule has 1 saturated carbocycles. The van der Waals surface area contributed by atoms with Crippen molar-refractivity contribution in [2.24, 2.45) is 0 Å². The van der Waals surface area contributed by atoms with Crippen LogP contribution >= 0.6 is 0 Å². The van der Waals surface area contributed by atoms with Crippen molar-refractivity contribution in [1.29, 1.82) is 0 Å². The molecule has 260 valence electrons. The lowest BCUT2D eigenvalue weighted by Crippen LogP contribution is -2.54. The number of pyridine rings is 1. The van der Waals surface area contributed by atoms with Crippen molar-refractivity contribution in [3.8, 4) is 11.5 Å². The third kappa shape index (κ3) is 7.66. The molecule has 0 spiro atoms. The van der Waals surface area contributed by atoms with Gasteiger partial charge in [0, 0.05) is 29.4 Å². The van der Waals surface area contributed by atoms with E-state index in [2.05, 4.69) is 15.6 Å². The van der Waals surface area contributed by atoms with Crippen LogP contribution in [0.15, 0.2) is 77.8 Å². The average molecular weight is 701 g/mol. The predicted octanol–water partition coefficient (Wildman–Crippen LogP) is 5.63. The van der Waals surface area contributed by atoms with E-state index in [1.165, 1.54) is 54.7 Å². The SMILES string of the molecule is CCOc1cc(C(Nc2ccc3c(N)nccc3c2)(OC(=O)C(F)(F)F)C(=O)NCc2ccccc2S(=O)(=O)C2CC2)ccc1OC(C)C. The number of nitrogens with one attached hydrogen (secondary N) is 2. The van der Waals surface area contributed by atoms with Gasteiger partial charge < -0.3 is 30.6 Å². The molecule has 49 heavy (non-hydrogen) atoms. The molecule has 0 bridgehead atoms. The second kappa shape index (κ2) is 13.8. The van der Waals surface area contributed by atoms with Gasteiger partial charge in [-0.3, -0.25) is 4.79 Å². The fourth-order valence-corrected chi connectivity index (χ4v) is 7.09. The maximum absolute atomic E-state index is 14.4. The van der Waals surface area contributed by atoms with Crippen LogP contribution in [0.3, 0.4) is 0 Å². The molecule has 1 atom stereocenters. The van der Waals surface area contributed by atoms with Crippen LogP contribution in [0.2, 0.25) is 0 Å². The second-order valence-electron chi connectivity index (χ2n) is 11.6. The maximum Gasteiger partial charge on any atom is 0.491 e. The number of sulfone groups is 1. The summed E-state index contributed by atoms with van der Waals surface area (Å²) in [6.07, 6.45) is -3.40. The van der Waals surface area contributed by atoms with Crippen LogP contribution in [0, 0.1) is 0 Å². The van der Waals surface area contributed by atoms with Crippen LogP contribution < -0.4 is 25.8 Å². The van der Waals surface area contributed by atoms with Crippen molar-refractivity contribution in [3.05, 3.63) is 84.1 Å². The van der Waals surface area contributed by atoms with Crippen molar-refractivity contribution < 1.29 is 45.4 Å². The molecule has 15 heteroatoms. The number of esters is 1. The average Bonchev–Trinajstić information content (AvgIpc) is 3.90. The quantitative estimate of drug-likeness (QED) is 0.118. The highest BCUT2D eigenvalue weighted by atomic mass is 32.2. The van der Waals surface area contributed by atoms with Gasteiger partial charge >= 0.3 is 12.1 Å². The van der Waals surface area contributed by atoms with E-state index in [1.807, 2.05) is 0 Å². The zero-order valence-corrected chi connectivity index (χ0v) is 27.7. The summed E-state index contributed by atoms with van der Waals surface area (Å²) >= 11 is 0. The lowest BCUT2D eigenvalue weighted by molar-refractivity contribution is -0.213. The smallest absolute Gasteiger partial charge is 0.490 e. The van der Waals surface area contributed by atoms with Gasteiger partial charge in [0.05, 0.1) is 22.9 Å². The van der Waals surface area contributed by atoms with Gasteiger partial charge in [-0.25, -0.2) is 18.2 Å². The molecule has 1 amide bonds. The van der Waals surface area contributed by atoms with Gasteiger partial charge in [-0.2, -0.15) is 13.2 Å². The number of carbonyl (C=O) groups is 2. The van der Waals surface area contributed by atoms with E-state index in [0.29, 0.717) is 23.6 Å². The highest BCUT2D eigenvalue weighted by molar-refractivity contribution is 7.92. The van der Waals surface area contributed by atoms with E-state index in [1.54, 1.807) is 39.0 Å². The Morgan fingerprint density at radius 2 is 1.76 bits per heavy atom. The molecule has 4 aromatic rings. The number of nitrogens with two attached hydrogens (primary N) is 1. The molecule has 1 fully saturated rings. The number of nitrogen functional groups attached to an aromatic ring is 1. The molecule has 1 aromatic heterocycles. The van der Waals surface area contributed by atoms with Crippen LogP contribution in [0.1, 0.15) is 44.7 Å². The standard InChI is InChI=1S/C34H35F3N4O7S/c1-4-46-28-18-23(9-14-27(28)47-20(2)3)33(48-32(43)34(35,36)37,41-24-10-13-26-21(17-24)15-16-39-30(26)38)31(42)40-19-22-7-5-6-8-29(22)49(44,45)25-11-12-25/h5-10,13-18,20,25,41H,4,11-12,19H2,1-3H3,(H2,38,39)(H,40,42). The molecular formula is C34H35F3N4O7S. The molecule has 1 aliphatic carbocycles. The number of amides is 1. The fraction of sp³-hybridized carbons (Fsp3) is 0.324. The minimum absolute atomic E-state index is 0.0156. The number of nitrogens with zero attached hydrogens (tertiary/aromatic N) is 1. The van der Waals surface area contributed by atoms with Gasteiger partial charge in [0.15, 0.2) is 21.3 Å². The number of ether oxygens (including phenoxy) is 3. The maximum atomic E-state index is 14.4. The number of fused-ring (bicyclic) bond motifs is 1. The molecule has 11 nitrogen and oxygen atoms in total. The number of hydrogen-bond acceptors (Lipinski definition) is 10. The summed E-state index contributed by atoms with van der Waals surface area (Å²) in [5.74, 6) is -3.42. The first kappa shape index (κ1) is 35.3. The van der Waals surface area contributed by atoms with E-state index in [9.17, 15) is 31.2 Å². The van der Waals surface area contributed by atoms with E-state index in [4.69, 9.17) is 19.9 Å². The number of halogens is 3. The summed E-state index contributed by atoms with van der Waals surface area (Å²) in [4.78, 5) is 31.1. The third-order valence-electron chi connectivity index (χ3n) is 7.61. The molecule has 0 radical (unpaired) electrons. The number of alkyl halides is 3. The Morgan fingerprint density at radius 3 is 2.43 bits per heavy atom. The van der Waals surface area contributed by atoms with Crippen LogP contribution in [-0.4, -0.2) is 49.4 Å². The monoisotopic (exact) mass is 700 g/mol. The van der Waals surface area contributed by atoms with E-state index in [0.717, 1.165) is 0 Å². The zero-order chi connectivity index (χ0) is 35.6. The number of aromatic nitrogens is 1. The van der Waals surface area contributed by atoms with Crippen LogP contribution in [-0.2, 0) is 36.4 Å². The normalized spacial score (nSPS) is 14.6. The Kier molecular flexibility index (Phi) is 9.95. The summed E-state index contributed by atoms with van der Waals surface area (Å²) < 4.78 is 84.7. The third-order valence-corrected chi connectivity index (χ3v) is 9.97. The van der Waals surface area contributed by atoms with Gasteiger partial charge in [0.2, 0.25) is 0 Å². The number of hydrogen-bond donors (Lipinski definition) is 3. The van der Waals surface area contributed by atoms with Crippen LogP contribution in [0.25, 0.3) is 10.8 Å². The van der Waals surface area contributed by atoms with Gasteiger partial charge in [-0.05, 0) is 93.1 Å². The molecule has 0 saturated heterocycles. The molecule has 4 N–H and O–H groups in total. The lowest BCUT2D eigenvalue weighted by Gasteiger charge is -2.35. The number of rotatable bonds is 13. The van der Waals surface area contributed by atoms with E-state index in [-0.39, 0.29) is 51.7 Å². The Labute approximate surface area is 280 Å². The number of anilines is 2. The first-order chi connectivity index (χ1) is 23.2.